The summed E-state index contributed by atoms with van der Waals surface area (Å²) in [4.78, 5) is 4.28. The van der Waals surface area contributed by atoms with E-state index in [9.17, 15) is 4.39 Å². The number of benzene rings is 1. The monoisotopic (exact) mass is 277 g/mol. The van der Waals surface area contributed by atoms with Crippen LogP contribution in [0.3, 0.4) is 0 Å². The van der Waals surface area contributed by atoms with Crippen molar-refractivity contribution in [2.24, 2.45) is 5.73 Å². The zero-order valence-electron chi connectivity index (χ0n) is 11.2. The first-order chi connectivity index (χ1) is 9.64. The molecule has 0 bridgehead atoms. The summed E-state index contributed by atoms with van der Waals surface area (Å²) in [5.41, 5.74) is 5.89. The van der Waals surface area contributed by atoms with Crippen molar-refractivity contribution in [3.05, 3.63) is 29.8 Å². The third-order valence-electron chi connectivity index (χ3n) is 3.78. The van der Waals surface area contributed by atoms with Gasteiger partial charge in [-0.2, -0.15) is 4.98 Å². The van der Waals surface area contributed by atoms with Gasteiger partial charge in [-0.1, -0.05) is 24.1 Å². The second-order valence-corrected chi connectivity index (χ2v) is 5.10. The van der Waals surface area contributed by atoms with Crippen molar-refractivity contribution in [1.29, 1.82) is 0 Å². The van der Waals surface area contributed by atoms with Crippen molar-refractivity contribution >= 4 is 0 Å². The predicted octanol–water partition coefficient (Wildman–Crippen LogP) is 2.61. The largest absolute Gasteiger partial charge is 0.496 e. The molecule has 1 heterocycles. The van der Waals surface area contributed by atoms with Crippen LogP contribution in [-0.4, -0.2) is 17.3 Å². The fourth-order valence-corrected chi connectivity index (χ4v) is 2.64. The van der Waals surface area contributed by atoms with Crippen molar-refractivity contribution in [2.75, 3.05) is 7.11 Å². The van der Waals surface area contributed by atoms with E-state index in [0.717, 1.165) is 25.7 Å². The first-order valence-electron chi connectivity index (χ1n) is 6.60. The minimum absolute atomic E-state index is 0.103. The van der Waals surface area contributed by atoms with Crippen LogP contribution in [0.5, 0.6) is 5.75 Å². The van der Waals surface area contributed by atoms with E-state index in [2.05, 4.69) is 10.1 Å². The number of methoxy groups -OCH3 is 1. The summed E-state index contributed by atoms with van der Waals surface area (Å²) in [6.07, 6.45) is 3.73. The van der Waals surface area contributed by atoms with Gasteiger partial charge in [0.2, 0.25) is 0 Å². The van der Waals surface area contributed by atoms with Gasteiger partial charge in [-0.25, -0.2) is 4.39 Å². The highest BCUT2D eigenvalue weighted by molar-refractivity contribution is 5.63. The number of halogens is 1. The molecule has 106 valence electrons. The van der Waals surface area contributed by atoms with Gasteiger partial charge in [0, 0.05) is 0 Å². The van der Waals surface area contributed by atoms with Crippen LogP contribution >= 0.6 is 0 Å². The standard InChI is InChI=1S/C14H16FN3O2/c1-19-10-6-4-5-9(15)11(10)12-17-13(18-20-12)14(16)7-2-3-8-14/h4-6H,2-3,7-8,16H2,1H3. The summed E-state index contributed by atoms with van der Waals surface area (Å²) in [6.45, 7) is 0. The third-order valence-corrected chi connectivity index (χ3v) is 3.78. The highest BCUT2D eigenvalue weighted by Gasteiger charge is 2.36. The highest BCUT2D eigenvalue weighted by Crippen LogP contribution is 2.37. The van der Waals surface area contributed by atoms with E-state index < -0.39 is 11.4 Å². The van der Waals surface area contributed by atoms with Gasteiger partial charge in [-0.05, 0) is 25.0 Å². The molecule has 0 atom stereocenters. The molecule has 5 nitrogen and oxygen atoms in total. The summed E-state index contributed by atoms with van der Waals surface area (Å²) >= 11 is 0. The maximum absolute atomic E-state index is 14.0. The van der Waals surface area contributed by atoms with E-state index in [1.165, 1.54) is 13.2 Å². The number of hydrogen-bond donors (Lipinski definition) is 1. The average Bonchev–Trinajstić information content (AvgIpc) is 3.08. The topological polar surface area (TPSA) is 74.2 Å². The molecule has 1 aromatic heterocycles. The maximum atomic E-state index is 14.0. The Balaban J connectivity index is 2.02. The molecular formula is C14H16FN3O2. The Bertz CT molecular complexity index is 621. The van der Waals surface area contributed by atoms with Gasteiger partial charge in [0.15, 0.2) is 5.82 Å². The van der Waals surface area contributed by atoms with E-state index in [4.69, 9.17) is 15.0 Å². The zero-order chi connectivity index (χ0) is 14.2. The molecule has 0 amide bonds. The van der Waals surface area contributed by atoms with Crippen LogP contribution in [0.15, 0.2) is 22.7 Å². The van der Waals surface area contributed by atoms with Crippen LogP contribution in [0.2, 0.25) is 0 Å². The van der Waals surface area contributed by atoms with Gasteiger partial charge in [0.25, 0.3) is 5.89 Å². The van der Waals surface area contributed by atoms with Crippen molar-refractivity contribution < 1.29 is 13.7 Å². The molecule has 1 aliphatic rings. The summed E-state index contributed by atoms with van der Waals surface area (Å²) in [7, 11) is 1.47. The fourth-order valence-electron chi connectivity index (χ4n) is 2.64. The Morgan fingerprint density at radius 1 is 1.35 bits per heavy atom. The summed E-state index contributed by atoms with van der Waals surface area (Å²) in [5, 5.41) is 3.93. The molecule has 2 aromatic rings. The predicted molar refractivity (Wildman–Crippen MR) is 70.6 cm³/mol. The maximum Gasteiger partial charge on any atom is 0.264 e. The zero-order valence-corrected chi connectivity index (χ0v) is 11.2. The molecule has 0 spiro atoms. The Morgan fingerprint density at radius 3 is 2.80 bits per heavy atom. The first-order valence-corrected chi connectivity index (χ1v) is 6.60. The van der Waals surface area contributed by atoms with Crippen LogP contribution in [0.1, 0.15) is 31.5 Å². The van der Waals surface area contributed by atoms with E-state index in [-0.39, 0.29) is 11.5 Å². The smallest absolute Gasteiger partial charge is 0.264 e. The van der Waals surface area contributed by atoms with Crippen LogP contribution in [0.4, 0.5) is 4.39 Å². The lowest BCUT2D eigenvalue weighted by Crippen LogP contribution is -2.34. The van der Waals surface area contributed by atoms with Gasteiger partial charge < -0.3 is 15.0 Å². The molecule has 1 aliphatic carbocycles. The molecule has 0 aliphatic heterocycles. The quantitative estimate of drug-likeness (QED) is 0.933. The Kier molecular flexibility index (Phi) is 3.17. The SMILES string of the molecule is COc1cccc(F)c1-c1nc(C2(N)CCCC2)no1. The summed E-state index contributed by atoms with van der Waals surface area (Å²) in [6, 6.07) is 4.54. The lowest BCUT2D eigenvalue weighted by atomic mass is 9.98. The summed E-state index contributed by atoms with van der Waals surface area (Å²) in [5.74, 6) is 0.441. The summed E-state index contributed by atoms with van der Waals surface area (Å²) < 4.78 is 24.3. The van der Waals surface area contributed by atoms with Gasteiger partial charge in [0.1, 0.15) is 17.1 Å². The normalized spacial score (nSPS) is 17.4. The average molecular weight is 277 g/mol. The number of hydrogen-bond acceptors (Lipinski definition) is 5. The fraction of sp³-hybridized carbons (Fsp3) is 0.429. The van der Waals surface area contributed by atoms with Crippen LogP contribution in [0, 0.1) is 5.82 Å². The minimum Gasteiger partial charge on any atom is -0.496 e. The Labute approximate surface area is 115 Å². The Morgan fingerprint density at radius 2 is 2.10 bits per heavy atom. The second-order valence-electron chi connectivity index (χ2n) is 5.10. The number of rotatable bonds is 3. The number of nitrogens with two attached hydrogens (primary N) is 1. The lowest BCUT2D eigenvalue weighted by molar-refractivity contribution is 0.369. The van der Waals surface area contributed by atoms with Gasteiger partial charge in [-0.15, -0.1) is 0 Å². The van der Waals surface area contributed by atoms with Crippen LogP contribution < -0.4 is 10.5 Å². The van der Waals surface area contributed by atoms with Crippen molar-refractivity contribution in [3.63, 3.8) is 0 Å². The molecule has 0 saturated heterocycles. The first kappa shape index (κ1) is 13.1. The molecule has 0 radical (unpaired) electrons. The van der Waals surface area contributed by atoms with E-state index in [1.54, 1.807) is 12.1 Å². The van der Waals surface area contributed by atoms with Crippen molar-refractivity contribution in [1.82, 2.24) is 10.1 Å². The van der Waals surface area contributed by atoms with Crippen LogP contribution in [0.25, 0.3) is 11.5 Å². The van der Waals surface area contributed by atoms with Gasteiger partial charge in [-0.3, -0.25) is 0 Å². The second kappa shape index (κ2) is 4.86. The van der Waals surface area contributed by atoms with Gasteiger partial charge in [0.05, 0.1) is 12.6 Å². The molecular weight excluding hydrogens is 261 g/mol. The minimum atomic E-state index is -0.555. The molecule has 0 unspecified atom stereocenters. The molecule has 1 fully saturated rings. The van der Waals surface area contributed by atoms with E-state index in [0.29, 0.717) is 11.6 Å². The van der Waals surface area contributed by atoms with Crippen molar-refractivity contribution in [3.8, 4) is 17.2 Å². The van der Waals surface area contributed by atoms with E-state index >= 15 is 0 Å². The molecule has 2 N–H and O–H groups in total. The number of nitrogens with zero attached hydrogens (tertiary/aromatic N) is 2. The van der Waals surface area contributed by atoms with Crippen molar-refractivity contribution in [2.45, 2.75) is 31.2 Å². The van der Waals surface area contributed by atoms with E-state index in [1.807, 2.05) is 0 Å². The molecule has 1 saturated carbocycles. The van der Waals surface area contributed by atoms with Crippen LogP contribution in [-0.2, 0) is 5.54 Å². The molecule has 1 aromatic carbocycles. The number of ether oxygens (including phenoxy) is 1. The molecule has 3 rings (SSSR count). The Hall–Kier alpha value is -1.95. The van der Waals surface area contributed by atoms with Gasteiger partial charge >= 0.3 is 0 Å². The third kappa shape index (κ3) is 2.06. The highest BCUT2D eigenvalue weighted by atomic mass is 19.1. The lowest BCUT2D eigenvalue weighted by Gasteiger charge is -2.17. The number of aromatic nitrogens is 2. The molecule has 20 heavy (non-hydrogen) atoms. The molecule has 6 heteroatoms.